The topological polar surface area (TPSA) is 43.8 Å². The number of nitrogens with two attached hydrogens (primary N) is 1. The lowest BCUT2D eigenvalue weighted by atomic mass is 9.95. The van der Waals surface area contributed by atoms with E-state index in [9.17, 15) is 0 Å². The van der Waals surface area contributed by atoms with Crippen molar-refractivity contribution in [3.05, 3.63) is 17.7 Å². The summed E-state index contributed by atoms with van der Waals surface area (Å²) in [6, 6.07) is 0. The number of rotatable bonds is 1. The van der Waals surface area contributed by atoms with Crippen LogP contribution in [-0.4, -0.2) is 9.55 Å². The van der Waals surface area contributed by atoms with Gasteiger partial charge in [0, 0.05) is 7.05 Å². The zero-order valence-corrected chi connectivity index (χ0v) is 8.38. The summed E-state index contributed by atoms with van der Waals surface area (Å²) in [4.78, 5) is 4.29. The van der Waals surface area contributed by atoms with Gasteiger partial charge in [0.2, 0.25) is 0 Å². The first-order valence-electron chi connectivity index (χ1n) is 4.91. The van der Waals surface area contributed by atoms with Crippen LogP contribution >= 0.6 is 0 Å². The molecule has 0 atom stereocenters. The maximum atomic E-state index is 6.33. The first-order chi connectivity index (χ1) is 6.13. The number of imidazole rings is 1. The van der Waals surface area contributed by atoms with Gasteiger partial charge in [-0.1, -0.05) is 12.8 Å². The summed E-state index contributed by atoms with van der Waals surface area (Å²) in [5, 5.41) is 0. The fourth-order valence-corrected chi connectivity index (χ4v) is 2.23. The zero-order valence-electron chi connectivity index (χ0n) is 8.38. The highest BCUT2D eigenvalue weighted by molar-refractivity contribution is 5.17. The average molecular weight is 179 g/mol. The maximum absolute atomic E-state index is 6.33. The first-order valence-corrected chi connectivity index (χ1v) is 4.91. The van der Waals surface area contributed by atoms with Crippen LogP contribution in [0.3, 0.4) is 0 Å². The van der Waals surface area contributed by atoms with Crippen molar-refractivity contribution in [1.82, 2.24) is 9.55 Å². The van der Waals surface area contributed by atoms with E-state index in [1.807, 2.05) is 20.2 Å². The minimum absolute atomic E-state index is 0.101. The second-order valence-electron chi connectivity index (χ2n) is 4.11. The Morgan fingerprint density at radius 1 is 1.46 bits per heavy atom. The smallest absolute Gasteiger partial charge is 0.105 e. The van der Waals surface area contributed by atoms with Gasteiger partial charge in [-0.25, -0.2) is 4.98 Å². The lowest BCUT2D eigenvalue weighted by Gasteiger charge is -2.23. The Labute approximate surface area is 79.0 Å². The highest BCUT2D eigenvalue weighted by Crippen LogP contribution is 2.35. The van der Waals surface area contributed by atoms with Crippen LogP contribution in [0, 0.1) is 6.92 Å². The highest BCUT2D eigenvalue weighted by atomic mass is 15.1. The van der Waals surface area contributed by atoms with Crippen molar-refractivity contribution in [3.8, 4) is 0 Å². The Morgan fingerprint density at radius 3 is 2.54 bits per heavy atom. The van der Waals surface area contributed by atoms with Crippen LogP contribution in [0.1, 0.15) is 37.2 Å². The van der Waals surface area contributed by atoms with Crippen molar-refractivity contribution in [2.24, 2.45) is 12.8 Å². The molecule has 0 amide bonds. The number of aryl methyl sites for hydroxylation is 1. The Kier molecular flexibility index (Phi) is 1.91. The molecule has 1 aliphatic carbocycles. The van der Waals surface area contributed by atoms with E-state index in [0.717, 1.165) is 18.7 Å². The summed E-state index contributed by atoms with van der Waals surface area (Å²) in [6.07, 6.45) is 6.64. The Hall–Kier alpha value is -0.830. The number of nitrogens with zero attached hydrogens (tertiary/aromatic N) is 2. The van der Waals surface area contributed by atoms with Gasteiger partial charge in [0.25, 0.3) is 0 Å². The van der Waals surface area contributed by atoms with E-state index in [2.05, 4.69) is 9.55 Å². The van der Waals surface area contributed by atoms with E-state index in [4.69, 9.17) is 5.73 Å². The fraction of sp³-hybridized carbons (Fsp3) is 0.700. The molecule has 0 radical (unpaired) electrons. The van der Waals surface area contributed by atoms with E-state index in [0.29, 0.717) is 0 Å². The molecular weight excluding hydrogens is 162 g/mol. The van der Waals surface area contributed by atoms with Crippen LogP contribution in [-0.2, 0) is 12.6 Å². The summed E-state index contributed by atoms with van der Waals surface area (Å²) >= 11 is 0. The summed E-state index contributed by atoms with van der Waals surface area (Å²) < 4.78 is 2.12. The summed E-state index contributed by atoms with van der Waals surface area (Å²) in [6.45, 7) is 2.02. The average Bonchev–Trinajstić information content (AvgIpc) is 2.63. The predicted molar refractivity (Wildman–Crippen MR) is 52.3 cm³/mol. The minimum Gasteiger partial charge on any atom is -0.334 e. The molecule has 1 saturated carbocycles. The second kappa shape index (κ2) is 2.84. The third kappa shape index (κ3) is 1.27. The number of hydrogen-bond acceptors (Lipinski definition) is 2. The largest absolute Gasteiger partial charge is 0.334 e. The van der Waals surface area contributed by atoms with Gasteiger partial charge in [0.1, 0.15) is 5.82 Å². The van der Waals surface area contributed by atoms with E-state index in [-0.39, 0.29) is 5.54 Å². The van der Waals surface area contributed by atoms with Crippen molar-refractivity contribution in [2.75, 3.05) is 0 Å². The van der Waals surface area contributed by atoms with Crippen molar-refractivity contribution < 1.29 is 0 Å². The molecule has 0 spiro atoms. The molecule has 0 bridgehead atoms. The summed E-state index contributed by atoms with van der Waals surface area (Å²) in [5.41, 5.74) is 7.43. The normalized spacial score (nSPS) is 20.8. The maximum Gasteiger partial charge on any atom is 0.105 e. The summed E-state index contributed by atoms with van der Waals surface area (Å²) in [5.74, 6) is 1.05. The van der Waals surface area contributed by atoms with Crippen LogP contribution < -0.4 is 5.73 Å². The van der Waals surface area contributed by atoms with Gasteiger partial charge in [-0.2, -0.15) is 0 Å². The molecule has 3 heteroatoms. The molecule has 1 heterocycles. The van der Waals surface area contributed by atoms with Gasteiger partial charge in [0.15, 0.2) is 0 Å². The standard InChI is InChI=1S/C10H17N3/c1-8-12-7-9(13(8)2)10(11)5-3-4-6-10/h7H,3-6,11H2,1-2H3. The van der Waals surface area contributed by atoms with Gasteiger partial charge >= 0.3 is 0 Å². The molecule has 1 aliphatic rings. The summed E-state index contributed by atoms with van der Waals surface area (Å²) in [7, 11) is 2.05. The Balaban J connectivity index is 2.39. The van der Waals surface area contributed by atoms with Gasteiger partial charge in [-0.15, -0.1) is 0 Å². The van der Waals surface area contributed by atoms with Crippen molar-refractivity contribution in [2.45, 2.75) is 38.1 Å². The lowest BCUT2D eigenvalue weighted by Crippen LogP contribution is -2.35. The molecule has 0 aliphatic heterocycles. The molecule has 3 nitrogen and oxygen atoms in total. The molecule has 1 aromatic rings. The quantitative estimate of drug-likeness (QED) is 0.709. The van der Waals surface area contributed by atoms with E-state index in [1.165, 1.54) is 18.5 Å². The molecule has 0 unspecified atom stereocenters. The minimum atomic E-state index is -0.101. The van der Waals surface area contributed by atoms with E-state index < -0.39 is 0 Å². The van der Waals surface area contributed by atoms with Crippen molar-refractivity contribution in [3.63, 3.8) is 0 Å². The molecule has 0 saturated heterocycles. The van der Waals surface area contributed by atoms with Gasteiger partial charge < -0.3 is 10.3 Å². The van der Waals surface area contributed by atoms with Gasteiger partial charge in [-0.3, -0.25) is 0 Å². The second-order valence-corrected chi connectivity index (χ2v) is 4.11. The molecule has 1 fully saturated rings. The lowest BCUT2D eigenvalue weighted by molar-refractivity contribution is 0.431. The Morgan fingerprint density at radius 2 is 2.08 bits per heavy atom. The third-order valence-electron chi connectivity index (χ3n) is 3.23. The number of aromatic nitrogens is 2. The van der Waals surface area contributed by atoms with Crippen molar-refractivity contribution in [1.29, 1.82) is 0 Å². The third-order valence-corrected chi connectivity index (χ3v) is 3.23. The molecular formula is C10H17N3. The fourth-order valence-electron chi connectivity index (χ4n) is 2.23. The zero-order chi connectivity index (χ0) is 9.47. The number of hydrogen-bond donors (Lipinski definition) is 1. The molecule has 2 N–H and O–H groups in total. The molecule has 72 valence electrons. The molecule has 2 rings (SSSR count). The van der Waals surface area contributed by atoms with Crippen LogP contribution in [0.25, 0.3) is 0 Å². The molecule has 1 aromatic heterocycles. The van der Waals surface area contributed by atoms with E-state index >= 15 is 0 Å². The van der Waals surface area contributed by atoms with Gasteiger partial charge in [-0.05, 0) is 19.8 Å². The highest BCUT2D eigenvalue weighted by Gasteiger charge is 2.33. The van der Waals surface area contributed by atoms with Crippen LogP contribution in [0.5, 0.6) is 0 Å². The van der Waals surface area contributed by atoms with Gasteiger partial charge in [0.05, 0.1) is 17.4 Å². The van der Waals surface area contributed by atoms with Crippen LogP contribution in [0.4, 0.5) is 0 Å². The van der Waals surface area contributed by atoms with E-state index in [1.54, 1.807) is 0 Å². The molecule has 13 heavy (non-hydrogen) atoms. The molecule has 0 aromatic carbocycles. The monoisotopic (exact) mass is 179 g/mol. The SMILES string of the molecule is Cc1ncc(C2(N)CCCC2)n1C. The van der Waals surface area contributed by atoms with Crippen molar-refractivity contribution >= 4 is 0 Å². The van der Waals surface area contributed by atoms with Crippen LogP contribution in [0.2, 0.25) is 0 Å². The Bertz CT molecular complexity index is 308. The first kappa shape index (κ1) is 8.75. The van der Waals surface area contributed by atoms with Crippen LogP contribution in [0.15, 0.2) is 6.20 Å². The predicted octanol–water partition coefficient (Wildman–Crippen LogP) is 1.46.